The number of hydrogen-bond acceptors (Lipinski definition) is 2. The summed E-state index contributed by atoms with van der Waals surface area (Å²) in [5.74, 6) is 0. The van der Waals surface area contributed by atoms with Gasteiger partial charge in [0.25, 0.3) is 0 Å². The van der Waals surface area contributed by atoms with Crippen molar-refractivity contribution >= 4 is 9.84 Å². The molecular weight excluding hydrogens is 356 g/mol. The minimum atomic E-state index is -3.19. The van der Waals surface area contributed by atoms with Crippen molar-refractivity contribution in [1.82, 2.24) is 9.55 Å². The zero-order valence-corrected chi connectivity index (χ0v) is 16.0. The van der Waals surface area contributed by atoms with Crippen LogP contribution in [0.25, 0.3) is 28.2 Å². The molecule has 0 atom stereocenters. The van der Waals surface area contributed by atoms with Crippen LogP contribution in [-0.4, -0.2) is 24.2 Å². The zero-order chi connectivity index (χ0) is 19.0. The van der Waals surface area contributed by atoms with E-state index in [9.17, 15) is 8.42 Å². The van der Waals surface area contributed by atoms with Crippen LogP contribution < -0.4 is 0 Å². The number of nitrogens with zero attached hydrogens (tertiary/aromatic N) is 1. The molecule has 4 rings (SSSR count). The third-order valence-corrected chi connectivity index (χ3v) is 5.82. The summed E-state index contributed by atoms with van der Waals surface area (Å²) in [6.45, 7) is 2.06. The van der Waals surface area contributed by atoms with Gasteiger partial charge in [0.2, 0.25) is 0 Å². The van der Waals surface area contributed by atoms with Gasteiger partial charge in [0.1, 0.15) is 0 Å². The summed E-state index contributed by atoms with van der Waals surface area (Å²) in [4.78, 5) is 3.55. The minimum absolute atomic E-state index is 0.330. The number of H-pyrrole nitrogens is 1. The third-order valence-electron chi connectivity index (χ3n) is 4.69. The maximum Gasteiger partial charge on any atom is 0.175 e. The Balaban J connectivity index is 1.74. The summed E-state index contributed by atoms with van der Waals surface area (Å²) in [5, 5.41) is 0. The van der Waals surface area contributed by atoms with Crippen LogP contribution in [0.4, 0.5) is 0 Å². The van der Waals surface area contributed by atoms with Crippen LogP contribution in [0, 0.1) is 6.92 Å². The summed E-state index contributed by atoms with van der Waals surface area (Å²) in [6.07, 6.45) is 3.14. The average molecular weight is 376 g/mol. The van der Waals surface area contributed by atoms with Crippen molar-refractivity contribution in [2.75, 3.05) is 6.26 Å². The zero-order valence-electron chi connectivity index (χ0n) is 15.2. The molecule has 0 amide bonds. The highest BCUT2D eigenvalue weighted by molar-refractivity contribution is 7.90. The molecule has 0 radical (unpaired) electrons. The molecule has 1 N–H and O–H groups in total. The second-order valence-corrected chi connectivity index (χ2v) is 8.64. The smallest absolute Gasteiger partial charge is 0.175 e. The standard InChI is InChI=1S/C22H20N2O2S/c1-16-5-14-22(18-8-12-20(13-9-18)27(2,25)26)24(16)19-10-6-17(7-11-19)21-4-3-15-23-21/h3-15,23H,1-2H3. The van der Waals surface area contributed by atoms with Gasteiger partial charge in [0.15, 0.2) is 9.84 Å². The average Bonchev–Trinajstić information content (AvgIpc) is 3.31. The van der Waals surface area contributed by atoms with Crippen LogP contribution in [0.15, 0.2) is 83.9 Å². The number of hydrogen-bond donors (Lipinski definition) is 1. The maximum absolute atomic E-state index is 11.7. The summed E-state index contributed by atoms with van der Waals surface area (Å²) in [6, 6.07) is 23.6. The molecule has 136 valence electrons. The number of nitrogens with one attached hydrogen (secondary N) is 1. The Bertz CT molecular complexity index is 1170. The largest absolute Gasteiger partial charge is 0.361 e. The quantitative estimate of drug-likeness (QED) is 0.553. The molecule has 0 spiro atoms. The van der Waals surface area contributed by atoms with Gasteiger partial charge in [-0.05, 0) is 66.6 Å². The van der Waals surface area contributed by atoms with Crippen molar-refractivity contribution in [2.45, 2.75) is 11.8 Å². The van der Waals surface area contributed by atoms with Gasteiger partial charge in [0, 0.05) is 29.5 Å². The first-order chi connectivity index (χ1) is 12.9. The van der Waals surface area contributed by atoms with Gasteiger partial charge >= 0.3 is 0 Å². The van der Waals surface area contributed by atoms with Crippen molar-refractivity contribution in [3.63, 3.8) is 0 Å². The van der Waals surface area contributed by atoms with Crippen LogP contribution in [0.1, 0.15) is 5.69 Å². The molecule has 0 bridgehead atoms. The first-order valence-corrected chi connectivity index (χ1v) is 10.6. The molecule has 0 aliphatic heterocycles. The van der Waals surface area contributed by atoms with Crippen molar-refractivity contribution in [3.05, 3.63) is 84.7 Å². The highest BCUT2D eigenvalue weighted by Crippen LogP contribution is 2.28. The lowest BCUT2D eigenvalue weighted by atomic mass is 10.1. The Hall–Kier alpha value is -3.05. The lowest BCUT2D eigenvalue weighted by Crippen LogP contribution is -2.00. The van der Waals surface area contributed by atoms with Gasteiger partial charge in [-0.2, -0.15) is 0 Å². The second kappa shape index (κ2) is 6.59. The molecular formula is C22H20N2O2S. The normalized spacial score (nSPS) is 11.6. The minimum Gasteiger partial charge on any atom is -0.361 e. The predicted molar refractivity (Wildman–Crippen MR) is 109 cm³/mol. The van der Waals surface area contributed by atoms with Crippen molar-refractivity contribution in [3.8, 4) is 28.2 Å². The Morgan fingerprint density at radius 1 is 0.815 bits per heavy atom. The first-order valence-electron chi connectivity index (χ1n) is 8.66. The summed E-state index contributed by atoms with van der Waals surface area (Å²) in [5.41, 5.74) is 6.40. The van der Waals surface area contributed by atoms with E-state index in [-0.39, 0.29) is 0 Å². The van der Waals surface area contributed by atoms with Crippen molar-refractivity contribution in [2.24, 2.45) is 0 Å². The number of aryl methyl sites for hydroxylation is 1. The topological polar surface area (TPSA) is 54.9 Å². The number of benzene rings is 2. The van der Waals surface area contributed by atoms with Gasteiger partial charge in [-0.15, -0.1) is 0 Å². The highest BCUT2D eigenvalue weighted by atomic mass is 32.2. The molecule has 0 fully saturated rings. The Morgan fingerprint density at radius 3 is 2.07 bits per heavy atom. The monoisotopic (exact) mass is 376 g/mol. The summed E-state index contributed by atoms with van der Waals surface area (Å²) in [7, 11) is -3.19. The van der Waals surface area contributed by atoms with Gasteiger partial charge in [-0.3, -0.25) is 0 Å². The fourth-order valence-electron chi connectivity index (χ4n) is 3.28. The number of sulfone groups is 1. The van der Waals surface area contributed by atoms with Crippen LogP contribution >= 0.6 is 0 Å². The first kappa shape index (κ1) is 17.4. The molecule has 0 saturated heterocycles. The van der Waals surface area contributed by atoms with Gasteiger partial charge in [0.05, 0.1) is 10.6 Å². The fourth-order valence-corrected chi connectivity index (χ4v) is 3.91. The lowest BCUT2D eigenvalue weighted by molar-refractivity contribution is 0.602. The Labute approximate surface area is 159 Å². The van der Waals surface area contributed by atoms with E-state index in [1.165, 1.54) is 6.26 Å². The summed E-state index contributed by atoms with van der Waals surface area (Å²) >= 11 is 0. The SMILES string of the molecule is Cc1ccc(-c2ccc(S(C)(=O)=O)cc2)n1-c1ccc(-c2ccc[nH]2)cc1. The van der Waals surface area contributed by atoms with E-state index in [1.54, 1.807) is 12.1 Å². The van der Waals surface area contributed by atoms with E-state index in [4.69, 9.17) is 0 Å². The van der Waals surface area contributed by atoms with Crippen LogP contribution in [0.3, 0.4) is 0 Å². The molecule has 4 aromatic rings. The maximum atomic E-state index is 11.7. The van der Waals surface area contributed by atoms with Crippen LogP contribution in [-0.2, 0) is 9.84 Å². The molecule has 0 saturated carbocycles. The molecule has 5 heteroatoms. The van der Waals surface area contributed by atoms with E-state index in [2.05, 4.69) is 52.9 Å². The van der Waals surface area contributed by atoms with Crippen LogP contribution in [0.2, 0.25) is 0 Å². The Kier molecular flexibility index (Phi) is 4.24. The van der Waals surface area contributed by atoms with E-state index < -0.39 is 9.84 Å². The molecule has 4 nitrogen and oxygen atoms in total. The van der Waals surface area contributed by atoms with Crippen molar-refractivity contribution in [1.29, 1.82) is 0 Å². The molecule has 2 aromatic carbocycles. The van der Waals surface area contributed by atoms with Gasteiger partial charge < -0.3 is 9.55 Å². The van der Waals surface area contributed by atoms with E-state index in [0.29, 0.717) is 4.90 Å². The summed E-state index contributed by atoms with van der Waals surface area (Å²) < 4.78 is 25.6. The molecule has 2 heterocycles. The fraction of sp³-hybridized carbons (Fsp3) is 0.0909. The molecule has 2 aromatic heterocycles. The molecule has 27 heavy (non-hydrogen) atoms. The molecule has 0 unspecified atom stereocenters. The van der Waals surface area contributed by atoms with Crippen LogP contribution in [0.5, 0.6) is 0 Å². The number of rotatable bonds is 4. The molecule has 0 aliphatic carbocycles. The highest BCUT2D eigenvalue weighted by Gasteiger charge is 2.12. The third kappa shape index (κ3) is 3.34. The number of aromatic amines is 1. The van der Waals surface area contributed by atoms with Gasteiger partial charge in [-0.25, -0.2) is 8.42 Å². The van der Waals surface area contributed by atoms with Crippen molar-refractivity contribution < 1.29 is 8.42 Å². The second-order valence-electron chi connectivity index (χ2n) is 6.62. The van der Waals surface area contributed by atoms with E-state index in [0.717, 1.165) is 33.9 Å². The van der Waals surface area contributed by atoms with E-state index >= 15 is 0 Å². The number of aromatic nitrogens is 2. The predicted octanol–water partition coefficient (Wildman–Crippen LogP) is 4.85. The molecule has 0 aliphatic rings. The van der Waals surface area contributed by atoms with Gasteiger partial charge in [-0.1, -0.05) is 24.3 Å². The van der Waals surface area contributed by atoms with E-state index in [1.807, 2.05) is 30.5 Å². The lowest BCUT2D eigenvalue weighted by Gasteiger charge is -2.13. The Morgan fingerprint density at radius 2 is 1.48 bits per heavy atom.